The summed E-state index contributed by atoms with van der Waals surface area (Å²) in [6.45, 7) is 4.91. The van der Waals surface area contributed by atoms with Crippen LogP contribution in [0.4, 0.5) is 0 Å². The molecule has 404 valence electrons. The van der Waals surface area contributed by atoms with E-state index in [0.29, 0.717) is 17.4 Å². The first-order valence-corrected chi connectivity index (χ1v) is 29.7. The molecule has 0 spiro atoms. The summed E-state index contributed by atoms with van der Waals surface area (Å²) in [5, 5.41) is 9.67. The topological polar surface area (TPSA) is 108 Å². The van der Waals surface area contributed by atoms with Gasteiger partial charge >= 0.3 is 17.9 Å². The zero-order valence-corrected chi connectivity index (χ0v) is 46.1. The molecule has 0 aromatic rings. The highest BCUT2D eigenvalue weighted by atomic mass is 16.7. The Bertz CT molecular complexity index is 1080. The average Bonchev–Trinajstić information content (AvgIpc) is 3.30. The van der Waals surface area contributed by atoms with Crippen molar-refractivity contribution in [2.24, 2.45) is 0 Å². The summed E-state index contributed by atoms with van der Waals surface area (Å²) >= 11 is 0. The molecule has 1 N–H and O–H groups in total. The molecule has 68 heavy (non-hydrogen) atoms. The summed E-state index contributed by atoms with van der Waals surface area (Å²) in [4.78, 5) is 37.2. The fraction of sp³-hybridized carbons (Fsp3) is 0.949. The zero-order chi connectivity index (χ0) is 49.9. The highest BCUT2D eigenvalue weighted by Gasteiger charge is 2.25. The molecule has 0 rings (SSSR count). The molecule has 0 aromatic carbocycles. The number of unbranched alkanes of at least 4 members (excludes halogenated alkanes) is 41. The van der Waals surface area contributed by atoms with Crippen molar-refractivity contribution in [3.63, 3.8) is 0 Å². The van der Waals surface area contributed by atoms with E-state index in [1.54, 1.807) is 0 Å². The third-order valence-corrected chi connectivity index (χ3v) is 13.6. The molecular formula is C59H116NO8+. The van der Waals surface area contributed by atoms with E-state index in [1.165, 1.54) is 238 Å². The molecule has 0 amide bonds. The lowest BCUT2D eigenvalue weighted by Crippen LogP contribution is -2.40. The predicted molar refractivity (Wildman–Crippen MR) is 286 cm³/mol. The van der Waals surface area contributed by atoms with Gasteiger partial charge in [-0.2, -0.15) is 0 Å². The van der Waals surface area contributed by atoms with Crippen molar-refractivity contribution in [2.45, 2.75) is 315 Å². The van der Waals surface area contributed by atoms with Gasteiger partial charge in [-0.25, -0.2) is 4.79 Å². The maximum Gasteiger partial charge on any atom is 0.361 e. The lowest BCUT2D eigenvalue weighted by atomic mass is 10.0. The molecule has 2 unspecified atom stereocenters. The second-order valence-corrected chi connectivity index (χ2v) is 21.7. The summed E-state index contributed by atoms with van der Waals surface area (Å²) in [5.41, 5.74) is 0. The molecule has 0 radical (unpaired) electrons. The summed E-state index contributed by atoms with van der Waals surface area (Å²) in [6, 6.07) is 0. The fourth-order valence-corrected chi connectivity index (χ4v) is 9.02. The monoisotopic (exact) mass is 967 g/mol. The van der Waals surface area contributed by atoms with Gasteiger partial charge < -0.3 is 28.5 Å². The Morgan fingerprint density at radius 2 is 0.662 bits per heavy atom. The number of carboxylic acids is 1. The standard InChI is InChI=1S/C59H115NO8/c1-6-8-10-12-14-16-18-19-20-21-22-23-24-25-26-27-28-29-30-31-32-33-34-35-36-37-38-39-40-42-44-46-48-50-57(62)68-55(54-67-59(58(63)64)65-52-51-60(3,4)5)53-66-56(61)49-47-45-43-41-17-15-13-11-9-7-2/h55,59H,6-54H2,1-5H3/p+1. The van der Waals surface area contributed by atoms with Gasteiger partial charge in [0.25, 0.3) is 6.29 Å². The first-order chi connectivity index (χ1) is 33.1. The Labute approximate surface area is 422 Å². The van der Waals surface area contributed by atoms with Gasteiger partial charge in [-0.15, -0.1) is 0 Å². The minimum absolute atomic E-state index is 0.173. The van der Waals surface area contributed by atoms with E-state index in [1.807, 2.05) is 21.1 Å². The first-order valence-electron chi connectivity index (χ1n) is 29.7. The number of quaternary nitrogens is 1. The van der Waals surface area contributed by atoms with E-state index in [0.717, 1.165) is 38.5 Å². The van der Waals surface area contributed by atoms with E-state index in [2.05, 4.69) is 13.8 Å². The number of rotatable bonds is 56. The molecule has 0 fully saturated rings. The van der Waals surface area contributed by atoms with Crippen molar-refractivity contribution in [1.82, 2.24) is 0 Å². The van der Waals surface area contributed by atoms with E-state index in [9.17, 15) is 19.5 Å². The van der Waals surface area contributed by atoms with Crippen LogP contribution in [0.3, 0.4) is 0 Å². The van der Waals surface area contributed by atoms with Gasteiger partial charge in [0, 0.05) is 12.8 Å². The maximum atomic E-state index is 12.8. The molecule has 0 aromatic heterocycles. The average molecular weight is 968 g/mol. The SMILES string of the molecule is CCCCCCCCCCCCCCCCCCCCCCCCCCCCCCCCCCCC(=O)OC(COC(=O)CCCCCCCCCCCC)COC(OCC[N+](C)(C)C)C(=O)O. The maximum absolute atomic E-state index is 12.8. The lowest BCUT2D eigenvalue weighted by Gasteiger charge is -2.25. The van der Waals surface area contributed by atoms with E-state index >= 15 is 0 Å². The van der Waals surface area contributed by atoms with Crippen molar-refractivity contribution in [3.8, 4) is 0 Å². The molecule has 9 nitrogen and oxygen atoms in total. The number of esters is 2. The van der Waals surface area contributed by atoms with Crippen LogP contribution in [0.25, 0.3) is 0 Å². The van der Waals surface area contributed by atoms with Gasteiger partial charge in [0.2, 0.25) is 0 Å². The van der Waals surface area contributed by atoms with Crippen LogP contribution in [0.5, 0.6) is 0 Å². The van der Waals surface area contributed by atoms with Crippen molar-refractivity contribution in [2.75, 3.05) is 47.5 Å². The van der Waals surface area contributed by atoms with Gasteiger partial charge in [-0.3, -0.25) is 9.59 Å². The fourth-order valence-electron chi connectivity index (χ4n) is 9.02. The Balaban J connectivity index is 3.94. The van der Waals surface area contributed by atoms with E-state index < -0.39 is 18.4 Å². The summed E-state index contributed by atoms with van der Waals surface area (Å²) in [6.07, 6.45) is 55.1. The van der Waals surface area contributed by atoms with Crippen molar-refractivity contribution < 1.29 is 42.9 Å². The van der Waals surface area contributed by atoms with Crippen molar-refractivity contribution >= 4 is 17.9 Å². The second kappa shape index (κ2) is 51.6. The number of likely N-dealkylation sites (N-methyl/N-ethyl adjacent to an activating group) is 1. The number of carboxylic acid groups (broad SMARTS) is 1. The minimum Gasteiger partial charge on any atom is -0.477 e. The Morgan fingerprint density at radius 3 is 0.941 bits per heavy atom. The summed E-state index contributed by atoms with van der Waals surface area (Å²) in [5.74, 6) is -1.98. The first kappa shape index (κ1) is 66.3. The Kier molecular flexibility index (Phi) is 50.3. The molecule has 9 heteroatoms. The smallest absolute Gasteiger partial charge is 0.361 e. The van der Waals surface area contributed by atoms with Gasteiger partial charge in [-0.05, 0) is 12.8 Å². The van der Waals surface area contributed by atoms with Crippen molar-refractivity contribution in [3.05, 3.63) is 0 Å². The van der Waals surface area contributed by atoms with Crippen LogP contribution >= 0.6 is 0 Å². The van der Waals surface area contributed by atoms with Crippen LogP contribution in [0, 0.1) is 0 Å². The minimum atomic E-state index is -1.50. The molecular weight excluding hydrogens is 851 g/mol. The largest absolute Gasteiger partial charge is 0.477 e. The number of hydrogen-bond donors (Lipinski definition) is 1. The normalized spacial score (nSPS) is 12.7. The molecule has 0 aliphatic carbocycles. The molecule has 0 saturated heterocycles. The number of ether oxygens (including phenoxy) is 4. The molecule has 2 atom stereocenters. The molecule has 0 bridgehead atoms. The Hall–Kier alpha value is -1.71. The van der Waals surface area contributed by atoms with Crippen LogP contribution < -0.4 is 0 Å². The predicted octanol–water partition coefficient (Wildman–Crippen LogP) is 17.2. The lowest BCUT2D eigenvalue weighted by molar-refractivity contribution is -0.870. The van der Waals surface area contributed by atoms with Gasteiger partial charge in [-0.1, -0.05) is 277 Å². The highest BCUT2D eigenvalue weighted by Crippen LogP contribution is 2.18. The summed E-state index contributed by atoms with van der Waals surface area (Å²) in [7, 11) is 5.97. The van der Waals surface area contributed by atoms with Gasteiger partial charge in [0.15, 0.2) is 6.10 Å². The third-order valence-electron chi connectivity index (χ3n) is 13.6. The second-order valence-electron chi connectivity index (χ2n) is 21.7. The van der Waals surface area contributed by atoms with Gasteiger partial charge in [0.1, 0.15) is 13.2 Å². The van der Waals surface area contributed by atoms with Crippen molar-refractivity contribution in [1.29, 1.82) is 0 Å². The van der Waals surface area contributed by atoms with Crippen LogP contribution in [0.1, 0.15) is 303 Å². The number of hydrogen-bond acceptors (Lipinski definition) is 7. The van der Waals surface area contributed by atoms with Crippen LogP contribution in [0.2, 0.25) is 0 Å². The van der Waals surface area contributed by atoms with E-state index in [4.69, 9.17) is 18.9 Å². The molecule has 0 saturated carbocycles. The quantitative estimate of drug-likeness (QED) is 0.0278. The highest BCUT2D eigenvalue weighted by molar-refractivity contribution is 5.71. The van der Waals surface area contributed by atoms with Crippen LogP contribution in [-0.4, -0.2) is 87.4 Å². The number of nitrogens with zero attached hydrogens (tertiary/aromatic N) is 1. The third kappa shape index (κ3) is 52.1. The molecule has 0 aliphatic heterocycles. The number of carbonyl (C=O) groups excluding carboxylic acids is 2. The zero-order valence-electron chi connectivity index (χ0n) is 46.1. The number of aliphatic carboxylic acids is 1. The molecule has 0 aliphatic rings. The Morgan fingerprint density at radius 1 is 0.382 bits per heavy atom. The summed E-state index contributed by atoms with van der Waals surface area (Å²) < 4.78 is 22.8. The number of carbonyl (C=O) groups is 3. The van der Waals surface area contributed by atoms with Crippen LogP contribution in [-0.2, 0) is 33.3 Å². The van der Waals surface area contributed by atoms with Crippen LogP contribution in [0.15, 0.2) is 0 Å². The van der Waals surface area contributed by atoms with E-state index in [-0.39, 0.29) is 38.2 Å². The van der Waals surface area contributed by atoms with Gasteiger partial charge in [0.05, 0.1) is 34.4 Å². The molecule has 0 heterocycles.